The molecule has 15 aromatic rings. The topological polar surface area (TPSA) is 52.6 Å². The molecule has 0 fully saturated rings. The molecule has 0 aliphatic heterocycles. The molecule has 5 aromatic heterocycles. The van der Waals surface area contributed by atoms with Gasteiger partial charge in [-0.15, -0.1) is 0 Å². The normalized spacial score (nSPS) is 12.0. The Morgan fingerprint density at radius 1 is 0.271 bits per heavy atom. The van der Waals surface area contributed by atoms with E-state index in [4.69, 9.17) is 9.97 Å². The maximum Gasteiger partial charge on any atom is 0.220 e. The molecular formula is C62H40N8. The fourth-order valence-electron chi connectivity index (χ4n) is 11.0. The zero-order valence-electron chi connectivity index (χ0n) is 37.7. The highest BCUT2D eigenvalue weighted by atomic mass is 15.2. The van der Waals surface area contributed by atoms with Gasteiger partial charge in [0.05, 0.1) is 72.2 Å². The number of rotatable bonds is 7. The Labute approximate surface area is 401 Å². The second-order valence-corrected chi connectivity index (χ2v) is 18.0. The van der Waals surface area contributed by atoms with E-state index in [9.17, 15) is 0 Å². The molecule has 0 radical (unpaired) electrons. The Kier molecular flexibility index (Phi) is 8.20. The van der Waals surface area contributed by atoms with Crippen molar-refractivity contribution in [3.63, 3.8) is 0 Å². The monoisotopic (exact) mass is 896 g/mol. The Bertz CT molecular complexity index is 4330. The van der Waals surface area contributed by atoms with E-state index in [-0.39, 0.29) is 0 Å². The number of nitrogens with zero attached hydrogens (tertiary/aromatic N) is 8. The molecule has 0 unspecified atom stereocenters. The Morgan fingerprint density at radius 3 is 1.27 bits per heavy atom. The first-order valence-corrected chi connectivity index (χ1v) is 23.7. The predicted octanol–water partition coefficient (Wildman–Crippen LogP) is 15.4. The Morgan fingerprint density at radius 2 is 0.714 bits per heavy atom. The van der Waals surface area contributed by atoms with Crippen molar-refractivity contribution < 1.29 is 0 Å². The van der Waals surface area contributed by atoms with Gasteiger partial charge >= 0.3 is 0 Å². The van der Waals surface area contributed by atoms with E-state index >= 15 is 0 Å². The predicted molar refractivity (Wildman–Crippen MR) is 287 cm³/mol. The summed E-state index contributed by atoms with van der Waals surface area (Å²) < 4.78 is 11.6. The van der Waals surface area contributed by atoms with Gasteiger partial charge in [0, 0.05) is 27.8 Å². The Hall–Kier alpha value is -9.66. The number of benzene rings is 10. The summed E-state index contributed by atoms with van der Waals surface area (Å²) in [4.78, 5) is 13.1. The van der Waals surface area contributed by atoms with Crippen LogP contribution in [0.4, 0.5) is 17.1 Å². The molecule has 0 spiro atoms. The van der Waals surface area contributed by atoms with Crippen molar-refractivity contribution in [2.75, 3.05) is 4.90 Å². The second-order valence-electron chi connectivity index (χ2n) is 18.0. The quantitative estimate of drug-likeness (QED) is 0.160. The van der Waals surface area contributed by atoms with Crippen molar-refractivity contribution in [3.05, 3.63) is 243 Å². The van der Waals surface area contributed by atoms with Gasteiger partial charge in [-0.1, -0.05) is 133 Å². The molecule has 0 atom stereocenters. The number of para-hydroxylation sites is 10. The molecule has 70 heavy (non-hydrogen) atoms. The molecule has 8 heteroatoms. The molecular weight excluding hydrogens is 857 g/mol. The summed E-state index contributed by atoms with van der Waals surface area (Å²) in [7, 11) is 0. The van der Waals surface area contributed by atoms with Crippen LogP contribution in [0.15, 0.2) is 243 Å². The molecule has 0 saturated carbocycles. The Balaban J connectivity index is 1.04. The van der Waals surface area contributed by atoms with Crippen molar-refractivity contribution in [2.24, 2.45) is 0 Å². The molecule has 0 aliphatic carbocycles. The van der Waals surface area contributed by atoms with Crippen LogP contribution in [-0.2, 0) is 0 Å². The van der Waals surface area contributed by atoms with E-state index in [1.807, 2.05) is 0 Å². The molecule has 0 amide bonds. The summed E-state index contributed by atoms with van der Waals surface area (Å²) in [6, 6.07) is 86.9. The van der Waals surface area contributed by atoms with Crippen LogP contribution in [0.1, 0.15) is 0 Å². The summed E-state index contributed by atoms with van der Waals surface area (Å²) in [6.07, 6.45) is 0. The number of imidazole rings is 4. The number of fused-ring (bicyclic) bond motifs is 13. The first-order valence-electron chi connectivity index (χ1n) is 23.7. The van der Waals surface area contributed by atoms with E-state index in [0.29, 0.717) is 0 Å². The number of hydrogen-bond donors (Lipinski definition) is 0. The van der Waals surface area contributed by atoms with E-state index in [1.54, 1.807) is 0 Å². The molecule has 328 valence electrons. The van der Waals surface area contributed by atoms with Crippen molar-refractivity contribution in [1.82, 2.24) is 32.5 Å². The first-order chi connectivity index (χ1) is 34.7. The van der Waals surface area contributed by atoms with Gasteiger partial charge in [-0.05, 0) is 120 Å². The molecule has 5 heterocycles. The van der Waals surface area contributed by atoms with Crippen LogP contribution >= 0.6 is 0 Å². The highest BCUT2D eigenvalue weighted by molar-refractivity contribution is 6.09. The molecule has 8 nitrogen and oxygen atoms in total. The molecule has 0 bridgehead atoms. The lowest BCUT2D eigenvalue weighted by atomic mass is 10.0. The van der Waals surface area contributed by atoms with E-state index in [0.717, 1.165) is 106 Å². The van der Waals surface area contributed by atoms with Crippen molar-refractivity contribution >= 4 is 94.6 Å². The molecule has 0 N–H and O–H groups in total. The van der Waals surface area contributed by atoms with Crippen LogP contribution < -0.4 is 4.90 Å². The van der Waals surface area contributed by atoms with Gasteiger partial charge in [0.25, 0.3) is 0 Å². The van der Waals surface area contributed by atoms with Crippen LogP contribution in [0.3, 0.4) is 0 Å². The maximum atomic E-state index is 5.36. The van der Waals surface area contributed by atoms with Crippen LogP contribution in [0, 0.1) is 0 Å². The summed E-state index contributed by atoms with van der Waals surface area (Å²) >= 11 is 0. The summed E-state index contributed by atoms with van der Waals surface area (Å²) in [5.41, 5.74) is 18.9. The van der Waals surface area contributed by atoms with Crippen LogP contribution in [0.25, 0.3) is 106 Å². The van der Waals surface area contributed by atoms with Gasteiger partial charge in [0.15, 0.2) is 0 Å². The molecule has 15 rings (SSSR count). The number of hydrogen-bond acceptors (Lipinski definition) is 3. The standard InChI is InChI=1S/C62H40N8/c1-2-17-41(18-3-1)42-33-35-43(36-34-42)65(44-19-16-20-45(37-44)66-53-25-8-4-21-49(53)50-22-5-9-26-54(50)66)46-38-47(67-57-29-12-14-31-59(57)69-55-27-10-6-23-51(55)63-61(67)69)40-48(39-46)68-58-30-13-15-32-60(58)70-56-28-11-7-24-52(56)64-62(68)70/h1-40H. The highest BCUT2D eigenvalue weighted by Crippen LogP contribution is 2.42. The fraction of sp³-hybridized carbons (Fsp3) is 0. The van der Waals surface area contributed by atoms with E-state index in [1.165, 1.54) is 16.3 Å². The minimum Gasteiger partial charge on any atom is -0.310 e. The summed E-state index contributed by atoms with van der Waals surface area (Å²) in [5, 5.41) is 2.45. The highest BCUT2D eigenvalue weighted by Gasteiger charge is 2.24. The van der Waals surface area contributed by atoms with Crippen molar-refractivity contribution in [1.29, 1.82) is 0 Å². The SMILES string of the molecule is c1ccc(-c2ccc(N(c3cccc(-n4c5ccccc5c5ccccc54)c3)c3cc(-n4c5ccccc5n5c6ccccc6nc45)cc(-n4c5ccccc5n5c6ccccc6nc45)c3)cc2)cc1. The largest absolute Gasteiger partial charge is 0.310 e. The van der Waals surface area contributed by atoms with Crippen LogP contribution in [-0.4, -0.2) is 32.5 Å². The van der Waals surface area contributed by atoms with Crippen LogP contribution in [0.5, 0.6) is 0 Å². The average molecular weight is 897 g/mol. The summed E-state index contributed by atoms with van der Waals surface area (Å²) in [6.45, 7) is 0. The molecule has 0 saturated heterocycles. The first kappa shape index (κ1) is 38.4. The third-order valence-corrected chi connectivity index (χ3v) is 14.0. The summed E-state index contributed by atoms with van der Waals surface area (Å²) in [5.74, 6) is 1.68. The van der Waals surface area contributed by atoms with E-state index < -0.39 is 0 Å². The fourth-order valence-corrected chi connectivity index (χ4v) is 11.0. The van der Waals surface area contributed by atoms with Gasteiger partial charge in [-0.3, -0.25) is 17.9 Å². The lowest BCUT2D eigenvalue weighted by Gasteiger charge is -2.28. The van der Waals surface area contributed by atoms with Gasteiger partial charge in [-0.2, -0.15) is 0 Å². The number of aromatic nitrogens is 7. The second kappa shape index (κ2) is 14.9. The average Bonchev–Trinajstić information content (AvgIpc) is 4.22. The van der Waals surface area contributed by atoms with Crippen LogP contribution in [0.2, 0.25) is 0 Å². The van der Waals surface area contributed by atoms with Gasteiger partial charge in [0.2, 0.25) is 11.6 Å². The third-order valence-electron chi connectivity index (χ3n) is 14.0. The lowest BCUT2D eigenvalue weighted by molar-refractivity contribution is 1.07. The lowest BCUT2D eigenvalue weighted by Crippen LogP contribution is -2.12. The van der Waals surface area contributed by atoms with E-state index in [2.05, 4.69) is 270 Å². The smallest absolute Gasteiger partial charge is 0.220 e. The van der Waals surface area contributed by atoms with Gasteiger partial charge in [0.1, 0.15) is 0 Å². The van der Waals surface area contributed by atoms with Crippen molar-refractivity contribution in [2.45, 2.75) is 0 Å². The molecule has 0 aliphatic rings. The van der Waals surface area contributed by atoms with Crippen molar-refractivity contribution in [3.8, 4) is 28.2 Å². The third kappa shape index (κ3) is 5.64. The number of anilines is 3. The molecule has 10 aromatic carbocycles. The van der Waals surface area contributed by atoms with Gasteiger partial charge in [-0.25, -0.2) is 9.97 Å². The minimum atomic E-state index is 0.840. The van der Waals surface area contributed by atoms with Gasteiger partial charge < -0.3 is 9.47 Å². The zero-order chi connectivity index (χ0) is 45.9. The minimum absolute atomic E-state index is 0.840. The maximum absolute atomic E-state index is 5.36. The zero-order valence-corrected chi connectivity index (χ0v) is 37.7.